The molecule has 1 amide bonds. The Hall–Kier alpha value is -1.86. The molecule has 0 atom stereocenters. The van der Waals surface area contributed by atoms with Crippen molar-refractivity contribution >= 4 is 33.2 Å². The van der Waals surface area contributed by atoms with Crippen LogP contribution in [-0.2, 0) is 6.54 Å². The van der Waals surface area contributed by atoms with Crippen LogP contribution in [0.3, 0.4) is 0 Å². The summed E-state index contributed by atoms with van der Waals surface area (Å²) in [5.41, 5.74) is 2.37. The minimum atomic E-state index is -0.207. The van der Waals surface area contributed by atoms with Crippen LogP contribution in [0.4, 0.5) is 11.4 Å². The Bertz CT molecular complexity index is 704. The van der Waals surface area contributed by atoms with Crippen LogP contribution in [0.2, 0.25) is 0 Å². The van der Waals surface area contributed by atoms with Crippen molar-refractivity contribution in [3.63, 3.8) is 0 Å². The van der Waals surface area contributed by atoms with E-state index in [4.69, 9.17) is 0 Å². The number of hydrogen-bond donors (Lipinski definition) is 1. The van der Waals surface area contributed by atoms with Crippen LogP contribution >= 0.6 is 15.9 Å². The van der Waals surface area contributed by atoms with E-state index in [1.807, 2.05) is 25.3 Å². The molecule has 1 saturated heterocycles. The largest absolute Gasteiger partial charge is 0.369 e. The van der Waals surface area contributed by atoms with Gasteiger partial charge in [0, 0.05) is 50.3 Å². The molecule has 3 rings (SSSR count). The van der Waals surface area contributed by atoms with Crippen molar-refractivity contribution < 1.29 is 4.79 Å². The number of anilines is 2. The van der Waals surface area contributed by atoms with Crippen molar-refractivity contribution in [1.29, 1.82) is 0 Å². The number of nitrogens with one attached hydrogen (secondary N) is 1. The summed E-state index contributed by atoms with van der Waals surface area (Å²) in [7, 11) is 2.15. The molecule has 1 N–H and O–H groups in total. The number of rotatable bonds is 4. The molecule has 1 fully saturated rings. The summed E-state index contributed by atoms with van der Waals surface area (Å²) in [6, 6.07) is 7.99. The lowest BCUT2D eigenvalue weighted by atomic mass is 10.2. The van der Waals surface area contributed by atoms with Gasteiger partial charge in [-0.25, -0.2) is 0 Å². The molecular formula is C17H22BrN5O. The molecule has 0 aliphatic carbocycles. The Morgan fingerprint density at radius 3 is 2.46 bits per heavy atom. The SMILES string of the molecule is CCn1cc(Br)c(C(=O)Nc2ccc(N3CCN(C)CC3)cc2)n1. The Balaban J connectivity index is 1.65. The highest BCUT2D eigenvalue weighted by Crippen LogP contribution is 2.21. The number of amides is 1. The van der Waals surface area contributed by atoms with Gasteiger partial charge in [0.05, 0.1) is 4.47 Å². The summed E-state index contributed by atoms with van der Waals surface area (Å²) in [5.74, 6) is -0.207. The van der Waals surface area contributed by atoms with Gasteiger partial charge in [-0.2, -0.15) is 5.10 Å². The van der Waals surface area contributed by atoms with Crippen LogP contribution in [-0.4, -0.2) is 53.8 Å². The van der Waals surface area contributed by atoms with Crippen molar-refractivity contribution in [3.8, 4) is 0 Å². The summed E-state index contributed by atoms with van der Waals surface area (Å²) in [6.45, 7) is 6.93. The second-order valence-electron chi connectivity index (χ2n) is 5.97. The van der Waals surface area contributed by atoms with Crippen molar-refractivity contribution in [3.05, 3.63) is 40.6 Å². The zero-order chi connectivity index (χ0) is 17.1. The van der Waals surface area contributed by atoms with Gasteiger partial charge >= 0.3 is 0 Å². The zero-order valence-corrected chi connectivity index (χ0v) is 15.6. The Labute approximate surface area is 150 Å². The van der Waals surface area contributed by atoms with E-state index in [2.05, 4.69) is 55.3 Å². The molecule has 2 heterocycles. The van der Waals surface area contributed by atoms with E-state index >= 15 is 0 Å². The number of likely N-dealkylation sites (N-methyl/N-ethyl adjacent to an activating group) is 1. The van der Waals surface area contributed by atoms with Gasteiger partial charge in [0.25, 0.3) is 5.91 Å². The third-order valence-corrected chi connectivity index (χ3v) is 4.83. The average molecular weight is 392 g/mol. The van der Waals surface area contributed by atoms with E-state index in [0.717, 1.165) is 38.4 Å². The van der Waals surface area contributed by atoms with Gasteiger partial charge in [0.2, 0.25) is 0 Å². The molecule has 1 aliphatic rings. The minimum absolute atomic E-state index is 0.207. The molecular weight excluding hydrogens is 370 g/mol. The average Bonchev–Trinajstić information content (AvgIpc) is 2.97. The maximum absolute atomic E-state index is 12.4. The Morgan fingerprint density at radius 1 is 1.21 bits per heavy atom. The number of hydrogen-bond acceptors (Lipinski definition) is 4. The lowest BCUT2D eigenvalue weighted by molar-refractivity contribution is 0.102. The standard InChI is InChI=1S/C17H22BrN5O/c1-3-23-12-15(18)16(20-23)17(24)19-13-4-6-14(7-5-13)22-10-8-21(2)9-11-22/h4-7,12H,3,8-11H2,1-2H3,(H,19,24). The smallest absolute Gasteiger partial charge is 0.277 e. The van der Waals surface area contributed by atoms with E-state index < -0.39 is 0 Å². The second-order valence-corrected chi connectivity index (χ2v) is 6.83. The molecule has 1 aromatic heterocycles. The molecule has 1 aliphatic heterocycles. The molecule has 7 heteroatoms. The first kappa shape index (κ1) is 17.0. The normalized spacial score (nSPS) is 15.5. The third kappa shape index (κ3) is 3.79. The van der Waals surface area contributed by atoms with E-state index in [1.54, 1.807) is 4.68 Å². The highest BCUT2D eigenvalue weighted by atomic mass is 79.9. The van der Waals surface area contributed by atoms with Crippen LogP contribution in [0.1, 0.15) is 17.4 Å². The number of nitrogens with zero attached hydrogens (tertiary/aromatic N) is 4. The first-order chi connectivity index (χ1) is 11.6. The molecule has 2 aromatic rings. The first-order valence-electron chi connectivity index (χ1n) is 8.14. The number of aromatic nitrogens is 2. The molecule has 0 spiro atoms. The summed E-state index contributed by atoms with van der Waals surface area (Å²) in [5, 5.41) is 7.17. The number of carbonyl (C=O) groups is 1. The zero-order valence-electron chi connectivity index (χ0n) is 14.0. The van der Waals surface area contributed by atoms with Crippen LogP contribution in [0.25, 0.3) is 0 Å². The Morgan fingerprint density at radius 2 is 1.88 bits per heavy atom. The summed E-state index contributed by atoms with van der Waals surface area (Å²) in [6.07, 6.45) is 1.81. The molecule has 0 saturated carbocycles. The molecule has 24 heavy (non-hydrogen) atoms. The summed E-state index contributed by atoms with van der Waals surface area (Å²) < 4.78 is 2.44. The number of halogens is 1. The molecule has 6 nitrogen and oxygen atoms in total. The van der Waals surface area contributed by atoms with Crippen molar-refractivity contribution in [2.24, 2.45) is 0 Å². The summed E-state index contributed by atoms with van der Waals surface area (Å²) >= 11 is 3.39. The highest BCUT2D eigenvalue weighted by Gasteiger charge is 2.16. The fourth-order valence-corrected chi connectivity index (χ4v) is 3.22. The van der Waals surface area contributed by atoms with E-state index in [-0.39, 0.29) is 5.91 Å². The molecule has 0 unspecified atom stereocenters. The van der Waals surface area contributed by atoms with E-state index in [1.165, 1.54) is 5.69 Å². The van der Waals surface area contributed by atoms with Gasteiger partial charge in [-0.3, -0.25) is 9.48 Å². The van der Waals surface area contributed by atoms with Gasteiger partial charge < -0.3 is 15.1 Å². The van der Waals surface area contributed by atoms with Crippen molar-refractivity contribution in [1.82, 2.24) is 14.7 Å². The van der Waals surface area contributed by atoms with Gasteiger partial charge in [0.15, 0.2) is 5.69 Å². The van der Waals surface area contributed by atoms with Gasteiger partial charge in [-0.15, -0.1) is 0 Å². The van der Waals surface area contributed by atoms with Crippen molar-refractivity contribution in [2.75, 3.05) is 43.4 Å². The van der Waals surface area contributed by atoms with E-state index in [0.29, 0.717) is 10.2 Å². The second kappa shape index (κ2) is 7.36. The quantitative estimate of drug-likeness (QED) is 0.870. The summed E-state index contributed by atoms with van der Waals surface area (Å²) in [4.78, 5) is 17.1. The number of aryl methyl sites for hydroxylation is 1. The van der Waals surface area contributed by atoms with E-state index in [9.17, 15) is 4.79 Å². The fraction of sp³-hybridized carbons (Fsp3) is 0.412. The third-order valence-electron chi connectivity index (χ3n) is 4.25. The van der Waals surface area contributed by atoms with Crippen LogP contribution in [0, 0.1) is 0 Å². The van der Waals surface area contributed by atoms with Crippen LogP contribution in [0.15, 0.2) is 34.9 Å². The molecule has 128 valence electrons. The monoisotopic (exact) mass is 391 g/mol. The predicted octanol–water partition coefficient (Wildman–Crippen LogP) is 2.67. The minimum Gasteiger partial charge on any atom is -0.369 e. The highest BCUT2D eigenvalue weighted by molar-refractivity contribution is 9.10. The van der Waals surface area contributed by atoms with Crippen LogP contribution in [0.5, 0.6) is 0 Å². The first-order valence-corrected chi connectivity index (χ1v) is 8.94. The van der Waals surface area contributed by atoms with Crippen molar-refractivity contribution in [2.45, 2.75) is 13.5 Å². The van der Waals surface area contributed by atoms with Gasteiger partial charge in [-0.05, 0) is 54.2 Å². The number of benzene rings is 1. The number of piperazine rings is 1. The van der Waals surface area contributed by atoms with Crippen LogP contribution < -0.4 is 10.2 Å². The molecule has 0 radical (unpaired) electrons. The topological polar surface area (TPSA) is 53.4 Å². The molecule has 1 aromatic carbocycles. The maximum atomic E-state index is 12.4. The predicted molar refractivity (Wildman–Crippen MR) is 99.7 cm³/mol. The molecule has 0 bridgehead atoms. The fourth-order valence-electron chi connectivity index (χ4n) is 2.72. The van der Waals surface area contributed by atoms with Gasteiger partial charge in [-0.1, -0.05) is 0 Å². The maximum Gasteiger partial charge on any atom is 0.277 e. The lowest BCUT2D eigenvalue weighted by Crippen LogP contribution is -2.44. The number of carbonyl (C=O) groups excluding carboxylic acids is 1. The lowest BCUT2D eigenvalue weighted by Gasteiger charge is -2.34. The van der Waals surface area contributed by atoms with Gasteiger partial charge in [0.1, 0.15) is 0 Å². The Kier molecular flexibility index (Phi) is 5.20.